The highest BCUT2D eigenvalue weighted by atomic mass is 32.2. The fraction of sp³-hybridized carbons (Fsp3) is 0.385. The first-order valence-corrected chi connectivity index (χ1v) is 13.4. The molecule has 2 amide bonds. The van der Waals surface area contributed by atoms with E-state index in [0.29, 0.717) is 29.7 Å². The van der Waals surface area contributed by atoms with Gasteiger partial charge in [-0.25, -0.2) is 8.42 Å². The van der Waals surface area contributed by atoms with Gasteiger partial charge in [-0.3, -0.25) is 9.59 Å². The number of aryl methyl sites for hydroxylation is 1. The zero-order valence-electron chi connectivity index (χ0n) is 20.1. The van der Waals surface area contributed by atoms with Gasteiger partial charge in [0.15, 0.2) is 9.84 Å². The number of benzene rings is 2. The first-order valence-electron chi connectivity index (χ1n) is 11.8. The van der Waals surface area contributed by atoms with Gasteiger partial charge in [0, 0.05) is 35.9 Å². The van der Waals surface area contributed by atoms with Gasteiger partial charge in [0.05, 0.1) is 4.90 Å². The van der Waals surface area contributed by atoms with Crippen LogP contribution in [0.15, 0.2) is 59.6 Å². The summed E-state index contributed by atoms with van der Waals surface area (Å²) in [6.45, 7) is 7.15. The van der Waals surface area contributed by atoms with Gasteiger partial charge >= 0.3 is 0 Å². The van der Waals surface area contributed by atoms with E-state index in [1.165, 1.54) is 11.8 Å². The Morgan fingerprint density at radius 3 is 2.29 bits per heavy atom. The van der Waals surface area contributed by atoms with Crippen molar-refractivity contribution in [1.29, 1.82) is 0 Å². The Hall–Kier alpha value is -3.13. The second kappa shape index (κ2) is 11.3. The Morgan fingerprint density at radius 1 is 0.971 bits per heavy atom. The van der Waals surface area contributed by atoms with Gasteiger partial charge in [-0.1, -0.05) is 43.7 Å². The molecule has 8 heteroatoms. The van der Waals surface area contributed by atoms with Crippen LogP contribution < -0.4 is 5.32 Å². The second-order valence-corrected chi connectivity index (χ2v) is 10.3. The van der Waals surface area contributed by atoms with Crippen LogP contribution in [0.5, 0.6) is 0 Å². The van der Waals surface area contributed by atoms with E-state index in [1.54, 1.807) is 45.9 Å². The Labute approximate surface area is 201 Å². The van der Waals surface area contributed by atoms with E-state index < -0.39 is 21.5 Å². The molecule has 0 unspecified atom stereocenters. The molecular formula is C26H33N3O4S. The lowest BCUT2D eigenvalue weighted by molar-refractivity contribution is -0.131. The molecule has 0 bridgehead atoms. The van der Waals surface area contributed by atoms with Crippen molar-refractivity contribution in [3.63, 3.8) is 0 Å². The third kappa shape index (κ3) is 6.05. The molecule has 1 N–H and O–H groups in total. The molecule has 3 rings (SSSR count). The van der Waals surface area contributed by atoms with Gasteiger partial charge in [-0.15, -0.1) is 0 Å². The number of nitrogens with zero attached hydrogens (tertiary/aromatic N) is 2. The number of aromatic nitrogens is 1. The van der Waals surface area contributed by atoms with E-state index in [9.17, 15) is 18.0 Å². The van der Waals surface area contributed by atoms with Crippen molar-refractivity contribution < 1.29 is 18.0 Å². The number of unbranched alkanes of at least 4 members (excludes halogenated alkanes) is 1. The summed E-state index contributed by atoms with van der Waals surface area (Å²) >= 11 is 0. The lowest BCUT2D eigenvalue weighted by Gasteiger charge is -2.19. The highest BCUT2D eigenvalue weighted by Crippen LogP contribution is 2.27. The average molecular weight is 484 g/mol. The van der Waals surface area contributed by atoms with Gasteiger partial charge < -0.3 is 14.8 Å². The Bertz CT molecular complexity index is 1240. The van der Waals surface area contributed by atoms with E-state index >= 15 is 0 Å². The van der Waals surface area contributed by atoms with Crippen LogP contribution in [0.4, 0.5) is 5.69 Å². The van der Waals surface area contributed by atoms with Crippen LogP contribution in [0.25, 0.3) is 10.9 Å². The molecule has 3 aromatic rings. The van der Waals surface area contributed by atoms with Gasteiger partial charge in [0.2, 0.25) is 11.8 Å². The molecule has 1 heterocycles. The average Bonchev–Trinajstić information content (AvgIpc) is 3.18. The Morgan fingerprint density at radius 2 is 1.65 bits per heavy atom. The first kappa shape index (κ1) is 25.5. The zero-order chi connectivity index (χ0) is 24.7. The number of amides is 2. The summed E-state index contributed by atoms with van der Waals surface area (Å²) in [7, 11) is -3.93. The maximum Gasteiger partial charge on any atom is 0.242 e. The summed E-state index contributed by atoms with van der Waals surface area (Å²) in [5, 5.41) is 3.19. The van der Waals surface area contributed by atoms with E-state index in [1.807, 2.05) is 26.0 Å². The lowest BCUT2D eigenvalue weighted by atomic mass is 10.1. The van der Waals surface area contributed by atoms with Crippen LogP contribution in [0.3, 0.4) is 0 Å². The number of likely N-dealkylation sites (N-methyl/N-ethyl adjacent to an activating group) is 1. The maximum absolute atomic E-state index is 13.2. The van der Waals surface area contributed by atoms with Crippen LogP contribution in [-0.2, 0) is 32.4 Å². The Kier molecular flexibility index (Phi) is 8.50. The molecule has 0 aliphatic carbocycles. The van der Waals surface area contributed by atoms with Gasteiger partial charge in [-0.05, 0) is 50.5 Å². The SMILES string of the molecule is CCCCc1ccc(NC(=O)CS(=O)(=O)c2cn(CC(=O)N(CC)CC)c3ccccc23)cc1. The van der Waals surface area contributed by atoms with Crippen LogP contribution >= 0.6 is 0 Å². The number of rotatable bonds is 11. The number of fused-ring (bicyclic) bond motifs is 1. The summed E-state index contributed by atoms with van der Waals surface area (Å²) < 4.78 is 28.0. The molecule has 34 heavy (non-hydrogen) atoms. The van der Waals surface area contributed by atoms with Gasteiger partial charge in [0.25, 0.3) is 0 Å². The minimum Gasteiger partial charge on any atom is -0.342 e. The molecule has 1 aromatic heterocycles. The number of hydrogen-bond donors (Lipinski definition) is 1. The molecule has 0 aliphatic heterocycles. The number of carbonyl (C=O) groups excluding carboxylic acids is 2. The Balaban J connectivity index is 1.79. The third-order valence-electron chi connectivity index (χ3n) is 5.89. The highest BCUT2D eigenvalue weighted by molar-refractivity contribution is 7.92. The number of para-hydroxylation sites is 1. The summed E-state index contributed by atoms with van der Waals surface area (Å²) in [6.07, 6.45) is 4.64. The fourth-order valence-electron chi connectivity index (χ4n) is 4.00. The molecule has 0 fully saturated rings. The second-order valence-electron chi connectivity index (χ2n) is 8.31. The number of anilines is 1. The van der Waals surface area contributed by atoms with Crippen molar-refractivity contribution in [3.05, 3.63) is 60.3 Å². The monoisotopic (exact) mass is 483 g/mol. The standard InChI is InChI=1S/C26H33N3O4S/c1-4-7-10-20-13-15-21(16-14-20)27-25(30)19-34(32,33)24-17-29(18-26(31)28(5-2)6-3)23-12-9-8-11-22(23)24/h8-9,11-17H,4-7,10,18-19H2,1-3H3,(H,27,30). The van der Waals surface area contributed by atoms with Crippen molar-refractivity contribution in [2.75, 3.05) is 24.2 Å². The lowest BCUT2D eigenvalue weighted by Crippen LogP contribution is -2.33. The van der Waals surface area contributed by atoms with Crippen molar-refractivity contribution in [1.82, 2.24) is 9.47 Å². The topological polar surface area (TPSA) is 88.5 Å². The quantitative estimate of drug-likeness (QED) is 0.441. The van der Waals surface area contributed by atoms with E-state index in [2.05, 4.69) is 12.2 Å². The molecule has 0 radical (unpaired) electrons. The smallest absolute Gasteiger partial charge is 0.242 e. The predicted octanol–water partition coefficient (Wildman–Crippen LogP) is 4.26. The molecule has 0 atom stereocenters. The van der Waals surface area contributed by atoms with Crippen LogP contribution in [0, 0.1) is 0 Å². The molecule has 2 aromatic carbocycles. The van der Waals surface area contributed by atoms with E-state index in [-0.39, 0.29) is 17.3 Å². The molecule has 182 valence electrons. The minimum atomic E-state index is -3.93. The first-order chi connectivity index (χ1) is 16.3. The van der Waals surface area contributed by atoms with Crippen LogP contribution in [-0.4, -0.2) is 48.5 Å². The summed E-state index contributed by atoms with van der Waals surface area (Å²) in [5.41, 5.74) is 2.39. The van der Waals surface area contributed by atoms with Crippen molar-refractivity contribution >= 4 is 38.2 Å². The third-order valence-corrected chi connectivity index (χ3v) is 7.52. The molecule has 0 aliphatic rings. The molecular weight excluding hydrogens is 450 g/mol. The maximum atomic E-state index is 13.2. The summed E-state index contributed by atoms with van der Waals surface area (Å²) in [5.74, 6) is -1.37. The van der Waals surface area contributed by atoms with Gasteiger partial charge in [-0.2, -0.15) is 0 Å². The predicted molar refractivity (Wildman–Crippen MR) is 136 cm³/mol. The fourth-order valence-corrected chi connectivity index (χ4v) is 5.37. The number of sulfone groups is 1. The number of nitrogens with one attached hydrogen (secondary N) is 1. The molecule has 7 nitrogen and oxygen atoms in total. The summed E-state index contributed by atoms with van der Waals surface area (Å²) in [6, 6.07) is 14.5. The zero-order valence-corrected chi connectivity index (χ0v) is 20.9. The minimum absolute atomic E-state index is 0.0360. The van der Waals surface area contributed by atoms with Crippen molar-refractivity contribution in [3.8, 4) is 0 Å². The molecule has 0 spiro atoms. The number of carbonyl (C=O) groups is 2. The highest BCUT2D eigenvalue weighted by Gasteiger charge is 2.25. The van der Waals surface area contributed by atoms with E-state index in [4.69, 9.17) is 0 Å². The normalized spacial score (nSPS) is 11.5. The molecule has 0 saturated heterocycles. The molecule has 0 saturated carbocycles. The van der Waals surface area contributed by atoms with E-state index in [0.717, 1.165) is 19.3 Å². The van der Waals surface area contributed by atoms with Gasteiger partial charge in [0.1, 0.15) is 12.3 Å². The van der Waals surface area contributed by atoms with Crippen LogP contribution in [0.1, 0.15) is 39.2 Å². The van der Waals surface area contributed by atoms with Crippen molar-refractivity contribution in [2.45, 2.75) is 51.5 Å². The van der Waals surface area contributed by atoms with Crippen LogP contribution in [0.2, 0.25) is 0 Å². The summed E-state index contributed by atoms with van der Waals surface area (Å²) in [4.78, 5) is 27.0. The van der Waals surface area contributed by atoms with Crippen molar-refractivity contribution in [2.24, 2.45) is 0 Å². The largest absolute Gasteiger partial charge is 0.342 e. The number of hydrogen-bond acceptors (Lipinski definition) is 4.